The van der Waals surface area contributed by atoms with Crippen molar-refractivity contribution in [2.24, 2.45) is 0 Å². The van der Waals surface area contributed by atoms with Crippen LogP contribution in [0.1, 0.15) is 6.92 Å². The normalized spacial score (nSPS) is 10.6. The van der Waals surface area contributed by atoms with Crippen LogP contribution in [0.3, 0.4) is 0 Å². The maximum Gasteiger partial charge on any atom is 0.287 e. The van der Waals surface area contributed by atoms with Gasteiger partial charge in [0.05, 0.1) is 18.2 Å². The van der Waals surface area contributed by atoms with Gasteiger partial charge >= 0.3 is 0 Å². The Balaban J connectivity index is 2.02. The zero-order valence-corrected chi connectivity index (χ0v) is 10.8. The molecule has 7 heteroatoms. The monoisotopic (exact) mass is 267 g/mol. The molecule has 0 amide bonds. The van der Waals surface area contributed by atoms with Crippen LogP contribution < -0.4 is 10.9 Å². The number of halogens is 1. The molecule has 0 aliphatic rings. The predicted molar refractivity (Wildman–Crippen MR) is 69.9 cm³/mol. The van der Waals surface area contributed by atoms with E-state index in [1.165, 1.54) is 4.68 Å². The van der Waals surface area contributed by atoms with Gasteiger partial charge in [0.15, 0.2) is 0 Å². The summed E-state index contributed by atoms with van der Waals surface area (Å²) in [5, 5.41) is 7.28. The van der Waals surface area contributed by atoms with Crippen molar-refractivity contribution < 1.29 is 0 Å². The number of aromatic nitrogens is 4. The number of imidazole rings is 1. The van der Waals surface area contributed by atoms with E-state index >= 15 is 0 Å². The SMILES string of the molecule is CCn1ncc(NCCn2ccnc2)c(Cl)c1=O. The summed E-state index contributed by atoms with van der Waals surface area (Å²) in [6, 6.07) is 0. The second kappa shape index (κ2) is 5.68. The van der Waals surface area contributed by atoms with Crippen LogP contribution in [0.4, 0.5) is 5.69 Å². The zero-order valence-electron chi connectivity index (χ0n) is 10.0. The van der Waals surface area contributed by atoms with Gasteiger partial charge in [-0.15, -0.1) is 0 Å². The van der Waals surface area contributed by atoms with Gasteiger partial charge in [0.2, 0.25) is 0 Å². The Hall–Kier alpha value is -1.82. The Morgan fingerprint density at radius 3 is 3.00 bits per heavy atom. The molecule has 6 nitrogen and oxygen atoms in total. The van der Waals surface area contributed by atoms with Crippen molar-refractivity contribution in [3.8, 4) is 0 Å². The van der Waals surface area contributed by atoms with Gasteiger partial charge in [0, 0.05) is 32.0 Å². The third kappa shape index (κ3) is 2.70. The van der Waals surface area contributed by atoms with Crippen molar-refractivity contribution in [1.82, 2.24) is 19.3 Å². The van der Waals surface area contributed by atoms with Gasteiger partial charge in [0.25, 0.3) is 5.56 Å². The van der Waals surface area contributed by atoms with Crippen molar-refractivity contribution in [3.63, 3.8) is 0 Å². The van der Waals surface area contributed by atoms with E-state index in [0.717, 1.165) is 6.54 Å². The molecule has 1 N–H and O–H groups in total. The number of aryl methyl sites for hydroxylation is 1. The van der Waals surface area contributed by atoms with Gasteiger partial charge in [-0.3, -0.25) is 4.79 Å². The molecule has 0 spiro atoms. The first-order valence-electron chi connectivity index (χ1n) is 5.67. The van der Waals surface area contributed by atoms with Gasteiger partial charge in [-0.25, -0.2) is 9.67 Å². The van der Waals surface area contributed by atoms with Crippen LogP contribution in [0.15, 0.2) is 29.7 Å². The molecule has 18 heavy (non-hydrogen) atoms. The van der Waals surface area contributed by atoms with E-state index < -0.39 is 0 Å². The highest BCUT2D eigenvalue weighted by Crippen LogP contribution is 2.14. The minimum Gasteiger partial charge on any atom is -0.381 e. The Labute approximate surface area is 109 Å². The van der Waals surface area contributed by atoms with Crippen molar-refractivity contribution in [2.75, 3.05) is 11.9 Å². The summed E-state index contributed by atoms with van der Waals surface area (Å²) in [5.74, 6) is 0. The molecule has 0 bridgehead atoms. The Morgan fingerprint density at radius 2 is 2.33 bits per heavy atom. The fourth-order valence-electron chi connectivity index (χ4n) is 1.55. The summed E-state index contributed by atoms with van der Waals surface area (Å²) in [5.41, 5.74) is 0.290. The molecule has 2 rings (SSSR count). The topological polar surface area (TPSA) is 64.7 Å². The highest BCUT2D eigenvalue weighted by Gasteiger charge is 2.07. The second-order valence-corrected chi connectivity index (χ2v) is 4.10. The van der Waals surface area contributed by atoms with Crippen LogP contribution in [0.25, 0.3) is 0 Å². The summed E-state index contributed by atoms with van der Waals surface area (Å²) in [4.78, 5) is 15.7. The lowest BCUT2D eigenvalue weighted by molar-refractivity contribution is 0.616. The van der Waals surface area contributed by atoms with Gasteiger partial charge in [0.1, 0.15) is 5.02 Å². The molecule has 2 aromatic heterocycles. The van der Waals surface area contributed by atoms with Gasteiger partial charge < -0.3 is 9.88 Å². The summed E-state index contributed by atoms with van der Waals surface area (Å²) >= 11 is 5.98. The Kier molecular flexibility index (Phi) is 3.99. The third-order valence-corrected chi connectivity index (χ3v) is 2.89. The summed E-state index contributed by atoms with van der Waals surface area (Å²) in [7, 11) is 0. The standard InChI is InChI=1S/C11H14ClN5O/c1-2-17-11(18)10(12)9(7-15-17)14-4-6-16-5-3-13-8-16/h3,5,7-8,14H,2,4,6H2,1H3. The maximum absolute atomic E-state index is 11.7. The summed E-state index contributed by atoms with van der Waals surface area (Å²) in [6.45, 7) is 3.74. The van der Waals surface area contributed by atoms with Crippen LogP contribution >= 0.6 is 11.6 Å². The highest BCUT2D eigenvalue weighted by atomic mass is 35.5. The van der Waals surface area contributed by atoms with Crippen molar-refractivity contribution in [3.05, 3.63) is 40.3 Å². The van der Waals surface area contributed by atoms with Crippen LogP contribution in [-0.2, 0) is 13.1 Å². The van der Waals surface area contributed by atoms with E-state index in [9.17, 15) is 4.79 Å². The van der Waals surface area contributed by atoms with Crippen LogP contribution in [-0.4, -0.2) is 25.9 Å². The molecule has 0 unspecified atom stereocenters. The van der Waals surface area contributed by atoms with E-state index in [0.29, 0.717) is 18.8 Å². The van der Waals surface area contributed by atoms with Crippen LogP contribution in [0, 0.1) is 0 Å². The molecule has 0 aliphatic carbocycles. The molecule has 2 heterocycles. The number of hydrogen-bond donors (Lipinski definition) is 1. The molecule has 0 saturated heterocycles. The average Bonchev–Trinajstić information content (AvgIpc) is 2.88. The van der Waals surface area contributed by atoms with Crippen molar-refractivity contribution in [1.29, 1.82) is 0 Å². The minimum absolute atomic E-state index is 0.178. The first-order valence-corrected chi connectivity index (χ1v) is 6.05. The second-order valence-electron chi connectivity index (χ2n) is 3.72. The number of hydrogen-bond acceptors (Lipinski definition) is 4. The largest absolute Gasteiger partial charge is 0.381 e. The van der Waals surface area contributed by atoms with Crippen LogP contribution in [0.5, 0.6) is 0 Å². The number of nitrogens with zero attached hydrogens (tertiary/aromatic N) is 4. The molecular weight excluding hydrogens is 254 g/mol. The molecule has 0 saturated carbocycles. The number of anilines is 1. The number of nitrogens with one attached hydrogen (secondary N) is 1. The lowest BCUT2D eigenvalue weighted by atomic mass is 10.4. The van der Waals surface area contributed by atoms with E-state index in [1.807, 2.05) is 17.7 Å². The third-order valence-electron chi connectivity index (χ3n) is 2.53. The quantitative estimate of drug-likeness (QED) is 0.885. The molecule has 0 aromatic carbocycles. The summed E-state index contributed by atoms with van der Waals surface area (Å²) < 4.78 is 3.25. The van der Waals surface area contributed by atoms with Gasteiger partial charge in [-0.2, -0.15) is 5.10 Å². The Bertz CT molecular complexity index is 563. The summed E-state index contributed by atoms with van der Waals surface area (Å²) in [6.07, 6.45) is 6.89. The van der Waals surface area contributed by atoms with E-state index in [2.05, 4.69) is 15.4 Å². The maximum atomic E-state index is 11.7. The lowest BCUT2D eigenvalue weighted by Crippen LogP contribution is -2.23. The van der Waals surface area contributed by atoms with Crippen molar-refractivity contribution in [2.45, 2.75) is 20.0 Å². The fraction of sp³-hybridized carbons (Fsp3) is 0.364. The molecule has 2 aromatic rings. The molecule has 0 atom stereocenters. The van der Waals surface area contributed by atoms with Gasteiger partial charge in [-0.05, 0) is 6.92 Å². The smallest absolute Gasteiger partial charge is 0.287 e. The Morgan fingerprint density at radius 1 is 1.50 bits per heavy atom. The first-order chi connectivity index (χ1) is 8.72. The zero-order chi connectivity index (χ0) is 13.0. The molecular formula is C11H14ClN5O. The molecule has 96 valence electrons. The van der Waals surface area contributed by atoms with E-state index in [1.54, 1.807) is 18.7 Å². The molecule has 0 radical (unpaired) electrons. The fourth-order valence-corrected chi connectivity index (χ4v) is 1.77. The highest BCUT2D eigenvalue weighted by molar-refractivity contribution is 6.32. The number of rotatable bonds is 5. The van der Waals surface area contributed by atoms with Crippen molar-refractivity contribution >= 4 is 17.3 Å². The lowest BCUT2D eigenvalue weighted by Gasteiger charge is -2.09. The van der Waals surface area contributed by atoms with E-state index in [4.69, 9.17) is 11.6 Å². The van der Waals surface area contributed by atoms with E-state index in [-0.39, 0.29) is 10.6 Å². The predicted octanol–water partition coefficient (Wildman–Crippen LogP) is 1.23. The molecule has 0 fully saturated rings. The van der Waals surface area contributed by atoms with Crippen LogP contribution in [0.2, 0.25) is 5.02 Å². The molecule has 0 aliphatic heterocycles. The first kappa shape index (κ1) is 12.6. The average molecular weight is 268 g/mol. The van der Waals surface area contributed by atoms with Gasteiger partial charge in [-0.1, -0.05) is 11.6 Å². The minimum atomic E-state index is -0.271.